The molecule has 0 radical (unpaired) electrons. The highest BCUT2D eigenvalue weighted by Gasteiger charge is 2.26. The van der Waals surface area contributed by atoms with E-state index < -0.39 is 0 Å². The van der Waals surface area contributed by atoms with Gasteiger partial charge < -0.3 is 5.73 Å². The summed E-state index contributed by atoms with van der Waals surface area (Å²) in [5.41, 5.74) is 7.57. The maximum Gasteiger partial charge on any atom is 0.0255 e. The molecule has 0 aliphatic carbocycles. The van der Waals surface area contributed by atoms with Crippen LogP contribution in [0.1, 0.15) is 25.3 Å². The van der Waals surface area contributed by atoms with Gasteiger partial charge in [-0.2, -0.15) is 0 Å². The number of benzene rings is 1. The van der Waals surface area contributed by atoms with Crippen molar-refractivity contribution in [3.05, 3.63) is 35.9 Å². The van der Waals surface area contributed by atoms with E-state index in [-0.39, 0.29) is 5.54 Å². The number of nitrogens with two attached hydrogens (primary N) is 1. The van der Waals surface area contributed by atoms with Crippen molar-refractivity contribution < 1.29 is 0 Å². The highest BCUT2D eigenvalue weighted by atomic mass is 15.2. The second-order valence-corrected chi connectivity index (χ2v) is 4.95. The Kier molecular flexibility index (Phi) is 3.08. The van der Waals surface area contributed by atoms with Gasteiger partial charge >= 0.3 is 0 Å². The van der Waals surface area contributed by atoms with E-state index in [1.807, 2.05) is 0 Å². The number of hydrogen-bond acceptors (Lipinski definition) is 2. The lowest BCUT2D eigenvalue weighted by Gasteiger charge is -2.37. The fraction of sp³-hybridized carbons (Fsp3) is 0.538. The first-order valence-electron chi connectivity index (χ1n) is 5.71. The van der Waals surface area contributed by atoms with Gasteiger partial charge in [-0.25, -0.2) is 0 Å². The van der Waals surface area contributed by atoms with E-state index in [1.165, 1.54) is 18.5 Å². The number of piperidine rings is 1. The van der Waals surface area contributed by atoms with Crippen LogP contribution < -0.4 is 5.73 Å². The van der Waals surface area contributed by atoms with E-state index in [0.29, 0.717) is 0 Å². The topological polar surface area (TPSA) is 29.3 Å². The maximum absolute atomic E-state index is 6.18. The first-order valence-corrected chi connectivity index (χ1v) is 5.71. The van der Waals surface area contributed by atoms with Crippen LogP contribution in [0.5, 0.6) is 0 Å². The van der Waals surface area contributed by atoms with E-state index in [9.17, 15) is 0 Å². The molecule has 0 saturated carbocycles. The van der Waals surface area contributed by atoms with Gasteiger partial charge in [0.15, 0.2) is 0 Å². The smallest absolute Gasteiger partial charge is 0.0255 e. The zero-order chi connectivity index (χ0) is 10.7. The van der Waals surface area contributed by atoms with Crippen molar-refractivity contribution in [2.45, 2.75) is 31.8 Å². The first-order chi connectivity index (χ1) is 7.16. The third kappa shape index (κ3) is 3.05. The molecule has 1 fully saturated rings. The highest BCUT2D eigenvalue weighted by Crippen LogP contribution is 2.19. The Morgan fingerprint density at radius 1 is 1.33 bits per heavy atom. The number of rotatable bonds is 2. The van der Waals surface area contributed by atoms with Gasteiger partial charge in [-0.3, -0.25) is 4.90 Å². The minimum atomic E-state index is 0.00697. The predicted molar refractivity (Wildman–Crippen MR) is 63.5 cm³/mol. The summed E-state index contributed by atoms with van der Waals surface area (Å²) in [7, 11) is 0. The molecule has 2 heteroatoms. The number of nitrogens with zero attached hydrogens (tertiary/aromatic N) is 1. The van der Waals surface area contributed by atoms with E-state index in [1.54, 1.807) is 0 Å². The Hall–Kier alpha value is -0.860. The molecule has 2 N–H and O–H groups in total. The van der Waals surface area contributed by atoms with Crippen molar-refractivity contribution >= 4 is 0 Å². The number of hydrogen-bond donors (Lipinski definition) is 1. The average Bonchev–Trinajstić information content (AvgIpc) is 2.17. The Morgan fingerprint density at radius 3 is 2.73 bits per heavy atom. The van der Waals surface area contributed by atoms with Crippen LogP contribution in [0.15, 0.2) is 30.3 Å². The van der Waals surface area contributed by atoms with Gasteiger partial charge in [0.25, 0.3) is 0 Å². The molecule has 1 aliphatic heterocycles. The van der Waals surface area contributed by atoms with Crippen LogP contribution in [0.3, 0.4) is 0 Å². The van der Waals surface area contributed by atoms with Crippen LogP contribution in [0.2, 0.25) is 0 Å². The molecular formula is C13H20N2. The quantitative estimate of drug-likeness (QED) is 0.798. The molecule has 1 aromatic rings. The average molecular weight is 204 g/mol. The van der Waals surface area contributed by atoms with Crippen molar-refractivity contribution in [3.8, 4) is 0 Å². The monoisotopic (exact) mass is 204 g/mol. The van der Waals surface area contributed by atoms with Gasteiger partial charge in [-0.05, 0) is 31.9 Å². The van der Waals surface area contributed by atoms with Crippen molar-refractivity contribution in [2.24, 2.45) is 5.73 Å². The lowest BCUT2D eigenvalue weighted by atomic mass is 9.92. The molecule has 2 nitrogen and oxygen atoms in total. The van der Waals surface area contributed by atoms with Gasteiger partial charge in [-0.15, -0.1) is 0 Å². The van der Waals surface area contributed by atoms with Crippen molar-refractivity contribution in [1.29, 1.82) is 0 Å². The Morgan fingerprint density at radius 2 is 2.07 bits per heavy atom. The van der Waals surface area contributed by atoms with Crippen LogP contribution in [0.25, 0.3) is 0 Å². The van der Waals surface area contributed by atoms with Crippen molar-refractivity contribution in [2.75, 3.05) is 13.1 Å². The summed E-state index contributed by atoms with van der Waals surface area (Å²) in [5.74, 6) is 0. The Labute approximate surface area is 92.1 Å². The molecule has 15 heavy (non-hydrogen) atoms. The Bertz CT molecular complexity index is 306. The summed E-state index contributed by atoms with van der Waals surface area (Å²) in [4.78, 5) is 2.46. The van der Waals surface area contributed by atoms with E-state index in [4.69, 9.17) is 5.73 Å². The van der Waals surface area contributed by atoms with Crippen molar-refractivity contribution in [1.82, 2.24) is 4.90 Å². The molecule has 0 unspecified atom stereocenters. The van der Waals surface area contributed by atoms with Gasteiger partial charge in [0, 0.05) is 18.6 Å². The van der Waals surface area contributed by atoms with Crippen LogP contribution in [-0.2, 0) is 6.54 Å². The lowest BCUT2D eigenvalue weighted by Crippen LogP contribution is -2.51. The molecule has 0 aromatic heterocycles. The second-order valence-electron chi connectivity index (χ2n) is 4.95. The number of likely N-dealkylation sites (tertiary alicyclic amines) is 1. The van der Waals surface area contributed by atoms with Gasteiger partial charge in [0.1, 0.15) is 0 Å². The lowest BCUT2D eigenvalue weighted by molar-refractivity contribution is 0.153. The summed E-state index contributed by atoms with van der Waals surface area (Å²) in [6.45, 7) is 5.39. The molecule has 1 aliphatic rings. The van der Waals surface area contributed by atoms with Gasteiger partial charge in [0.2, 0.25) is 0 Å². The van der Waals surface area contributed by atoms with Gasteiger partial charge in [-0.1, -0.05) is 30.3 Å². The SMILES string of the molecule is C[C@]1(N)CCCN(Cc2ccccc2)C1. The van der Waals surface area contributed by atoms with E-state index >= 15 is 0 Å². The fourth-order valence-electron chi connectivity index (χ4n) is 2.35. The molecule has 2 rings (SSSR count). The maximum atomic E-state index is 6.18. The summed E-state index contributed by atoms with van der Waals surface area (Å²) in [6.07, 6.45) is 2.37. The normalized spacial score (nSPS) is 27.9. The van der Waals surface area contributed by atoms with Crippen LogP contribution >= 0.6 is 0 Å². The zero-order valence-corrected chi connectivity index (χ0v) is 9.45. The molecule has 1 aromatic carbocycles. The summed E-state index contributed by atoms with van der Waals surface area (Å²) in [6, 6.07) is 10.6. The third-order valence-corrected chi connectivity index (χ3v) is 3.06. The summed E-state index contributed by atoms with van der Waals surface area (Å²) in [5, 5.41) is 0. The van der Waals surface area contributed by atoms with E-state index in [2.05, 4.69) is 42.2 Å². The molecular weight excluding hydrogens is 184 g/mol. The second kappa shape index (κ2) is 4.33. The zero-order valence-electron chi connectivity index (χ0n) is 9.45. The predicted octanol–water partition coefficient (Wildman–Crippen LogP) is 2.00. The minimum Gasteiger partial charge on any atom is -0.324 e. The van der Waals surface area contributed by atoms with Crippen LogP contribution in [0, 0.1) is 0 Å². The van der Waals surface area contributed by atoms with Crippen LogP contribution in [-0.4, -0.2) is 23.5 Å². The molecule has 1 saturated heterocycles. The Balaban J connectivity index is 1.95. The highest BCUT2D eigenvalue weighted by molar-refractivity contribution is 5.14. The molecule has 0 bridgehead atoms. The molecule has 1 atom stereocenters. The first kappa shape index (κ1) is 10.7. The molecule has 1 heterocycles. The van der Waals surface area contributed by atoms with Crippen molar-refractivity contribution in [3.63, 3.8) is 0 Å². The van der Waals surface area contributed by atoms with E-state index in [0.717, 1.165) is 19.5 Å². The minimum absolute atomic E-state index is 0.00697. The standard InChI is InChI=1S/C13H20N2/c1-13(14)8-5-9-15(11-13)10-12-6-3-2-4-7-12/h2-4,6-7H,5,8-11,14H2,1H3/t13-/m0/s1. The fourth-order valence-corrected chi connectivity index (χ4v) is 2.35. The largest absolute Gasteiger partial charge is 0.324 e. The molecule has 82 valence electrons. The van der Waals surface area contributed by atoms with Crippen LogP contribution in [0.4, 0.5) is 0 Å². The molecule has 0 amide bonds. The summed E-state index contributed by atoms with van der Waals surface area (Å²) >= 11 is 0. The third-order valence-electron chi connectivity index (χ3n) is 3.06. The van der Waals surface area contributed by atoms with Gasteiger partial charge in [0.05, 0.1) is 0 Å². The molecule has 0 spiro atoms. The summed E-state index contributed by atoms with van der Waals surface area (Å²) < 4.78 is 0.